The molecular formula is C33H40O8. The normalized spacial score (nSPS) is 35.6. The van der Waals surface area contributed by atoms with Crippen molar-refractivity contribution in [2.24, 2.45) is 40.4 Å². The van der Waals surface area contributed by atoms with E-state index in [1.807, 2.05) is 0 Å². The molecule has 3 unspecified atom stereocenters. The number of ketones is 6. The van der Waals surface area contributed by atoms with Crippen LogP contribution in [0.25, 0.3) is 0 Å². The number of aromatic hydroxyl groups is 1. The van der Waals surface area contributed by atoms with E-state index in [9.17, 15) is 39.0 Å². The summed E-state index contributed by atoms with van der Waals surface area (Å²) in [5.74, 6) is -9.18. The summed E-state index contributed by atoms with van der Waals surface area (Å²) in [6.07, 6.45) is 5.63. The first-order valence-electron chi connectivity index (χ1n) is 14.9. The maximum Gasteiger partial charge on any atom is 0.190 e. The van der Waals surface area contributed by atoms with Crippen molar-refractivity contribution in [2.45, 2.75) is 91.6 Å². The quantitative estimate of drug-likeness (QED) is 0.399. The number of rotatable bonds is 5. The number of hydrogen-bond acceptors (Lipinski definition) is 8. The van der Waals surface area contributed by atoms with E-state index in [1.54, 1.807) is 33.8 Å². The fourth-order valence-electron chi connectivity index (χ4n) is 9.16. The average molecular weight is 565 g/mol. The summed E-state index contributed by atoms with van der Waals surface area (Å²) in [7, 11) is 0. The molecule has 2 N–H and O–H groups in total. The second kappa shape index (κ2) is 9.79. The van der Waals surface area contributed by atoms with Gasteiger partial charge in [-0.1, -0.05) is 59.8 Å². The van der Waals surface area contributed by atoms with E-state index < -0.39 is 69.0 Å². The molecule has 5 rings (SSSR count). The van der Waals surface area contributed by atoms with E-state index in [-0.39, 0.29) is 35.9 Å². The van der Waals surface area contributed by atoms with Gasteiger partial charge in [0.1, 0.15) is 17.5 Å². The fraction of sp³-hybridized carbons (Fsp3) is 0.636. The number of phenolic OH excluding ortho intramolecular Hbond substituents is 1. The average Bonchev–Trinajstić information content (AvgIpc) is 2.86. The number of aliphatic hydroxyl groups is 1. The summed E-state index contributed by atoms with van der Waals surface area (Å²) < 4.78 is 0. The minimum Gasteiger partial charge on any atom is -0.507 e. The summed E-state index contributed by atoms with van der Waals surface area (Å²) in [5, 5.41) is 22.9. The maximum absolute atomic E-state index is 14.3. The molecule has 0 spiro atoms. The molecule has 3 fully saturated rings. The lowest BCUT2D eigenvalue weighted by Gasteiger charge is -2.61. The van der Waals surface area contributed by atoms with Crippen LogP contribution in [0.4, 0.5) is 0 Å². The molecule has 0 aromatic heterocycles. The summed E-state index contributed by atoms with van der Waals surface area (Å²) in [4.78, 5) is 81.9. The van der Waals surface area contributed by atoms with Gasteiger partial charge in [0, 0.05) is 23.3 Å². The van der Waals surface area contributed by atoms with Gasteiger partial charge < -0.3 is 10.2 Å². The topological polar surface area (TPSA) is 143 Å². The van der Waals surface area contributed by atoms with Gasteiger partial charge in [-0.3, -0.25) is 28.8 Å². The lowest BCUT2D eigenvalue weighted by molar-refractivity contribution is -0.205. The Kier molecular flexibility index (Phi) is 7.04. The van der Waals surface area contributed by atoms with Gasteiger partial charge in [-0.2, -0.15) is 0 Å². The molecule has 0 aliphatic heterocycles. The van der Waals surface area contributed by atoms with Gasteiger partial charge in [0.2, 0.25) is 0 Å². The van der Waals surface area contributed by atoms with Crippen molar-refractivity contribution in [3.63, 3.8) is 0 Å². The lowest BCUT2D eigenvalue weighted by Crippen LogP contribution is -2.76. The first-order chi connectivity index (χ1) is 19.1. The molecule has 0 bridgehead atoms. The molecule has 8 heteroatoms. The van der Waals surface area contributed by atoms with Crippen molar-refractivity contribution in [2.75, 3.05) is 0 Å². The van der Waals surface area contributed by atoms with Gasteiger partial charge in [0.05, 0.1) is 11.5 Å². The van der Waals surface area contributed by atoms with E-state index in [0.717, 1.165) is 39.0 Å². The van der Waals surface area contributed by atoms with Crippen molar-refractivity contribution in [1.82, 2.24) is 0 Å². The molecule has 6 atom stereocenters. The lowest BCUT2D eigenvalue weighted by atomic mass is 9.40. The van der Waals surface area contributed by atoms with Crippen LogP contribution in [0.2, 0.25) is 0 Å². The highest BCUT2D eigenvalue weighted by Gasteiger charge is 2.76. The van der Waals surface area contributed by atoms with Crippen LogP contribution in [-0.4, -0.2) is 50.5 Å². The van der Waals surface area contributed by atoms with E-state index >= 15 is 0 Å². The van der Waals surface area contributed by atoms with Crippen molar-refractivity contribution in [3.8, 4) is 5.75 Å². The SMILES string of the molecule is CC(=O)C1C(=O)C(C(C)C)[C@@]2(C)C[C@@]3(C)Cc4c(C(=O)CC5CCCCC5)ccc(O)c4C(=O)C3C(=O)[C@@]2(O)C1=O. The molecule has 4 aliphatic carbocycles. The van der Waals surface area contributed by atoms with Crippen LogP contribution < -0.4 is 0 Å². The van der Waals surface area contributed by atoms with Crippen LogP contribution in [-0.2, 0) is 25.6 Å². The number of hydrogen-bond donors (Lipinski definition) is 2. The van der Waals surface area contributed by atoms with Crippen molar-refractivity contribution in [1.29, 1.82) is 0 Å². The minimum atomic E-state index is -2.73. The van der Waals surface area contributed by atoms with Gasteiger partial charge in [-0.05, 0) is 54.7 Å². The number of phenols is 1. The van der Waals surface area contributed by atoms with E-state index in [2.05, 4.69) is 0 Å². The second-order valence-corrected chi connectivity index (χ2v) is 13.9. The third-order valence-corrected chi connectivity index (χ3v) is 10.8. The Morgan fingerprint density at radius 1 is 1.00 bits per heavy atom. The number of benzene rings is 1. The number of fused-ring (bicyclic) bond motifs is 3. The van der Waals surface area contributed by atoms with Crippen LogP contribution >= 0.6 is 0 Å². The van der Waals surface area contributed by atoms with Crippen LogP contribution in [0.15, 0.2) is 12.1 Å². The number of Topliss-reactive ketones (excluding diaryl/α,β-unsaturated/α-hetero) is 6. The van der Waals surface area contributed by atoms with Crippen LogP contribution in [0, 0.1) is 40.4 Å². The molecule has 41 heavy (non-hydrogen) atoms. The molecule has 4 aliphatic rings. The van der Waals surface area contributed by atoms with Gasteiger partial charge in [-0.15, -0.1) is 0 Å². The molecule has 0 heterocycles. The summed E-state index contributed by atoms with van der Waals surface area (Å²) >= 11 is 0. The van der Waals surface area contributed by atoms with Gasteiger partial charge in [0.25, 0.3) is 0 Å². The molecule has 0 amide bonds. The van der Waals surface area contributed by atoms with Gasteiger partial charge in [0.15, 0.2) is 34.5 Å². The van der Waals surface area contributed by atoms with E-state index in [1.165, 1.54) is 6.07 Å². The van der Waals surface area contributed by atoms with Crippen molar-refractivity contribution < 1.29 is 39.0 Å². The van der Waals surface area contributed by atoms with Gasteiger partial charge >= 0.3 is 0 Å². The zero-order valence-electron chi connectivity index (χ0n) is 24.5. The summed E-state index contributed by atoms with van der Waals surface area (Å²) in [5.41, 5.74) is -4.84. The highest BCUT2D eigenvalue weighted by Crippen LogP contribution is 2.63. The third kappa shape index (κ3) is 4.03. The Morgan fingerprint density at radius 2 is 1.63 bits per heavy atom. The molecule has 0 saturated heterocycles. The zero-order chi connectivity index (χ0) is 30.2. The first-order valence-corrected chi connectivity index (χ1v) is 14.9. The predicted octanol–water partition coefficient (Wildman–Crippen LogP) is 4.25. The molecule has 1 aromatic rings. The molecule has 220 valence electrons. The molecule has 8 nitrogen and oxygen atoms in total. The Balaban J connectivity index is 1.64. The Morgan fingerprint density at radius 3 is 2.22 bits per heavy atom. The molecule has 3 saturated carbocycles. The van der Waals surface area contributed by atoms with Crippen molar-refractivity contribution >= 4 is 34.7 Å². The van der Waals surface area contributed by atoms with E-state index in [0.29, 0.717) is 17.5 Å². The van der Waals surface area contributed by atoms with Crippen LogP contribution in [0.3, 0.4) is 0 Å². The maximum atomic E-state index is 14.3. The van der Waals surface area contributed by atoms with Crippen LogP contribution in [0.5, 0.6) is 5.75 Å². The molecule has 1 aromatic carbocycles. The highest BCUT2D eigenvalue weighted by molar-refractivity contribution is 6.32. The first kappa shape index (κ1) is 29.5. The van der Waals surface area contributed by atoms with E-state index in [4.69, 9.17) is 0 Å². The Bertz CT molecular complexity index is 1380. The summed E-state index contributed by atoms with van der Waals surface area (Å²) in [6.45, 7) is 7.86. The third-order valence-electron chi connectivity index (χ3n) is 10.8. The van der Waals surface area contributed by atoms with Crippen LogP contribution in [0.1, 0.15) is 106 Å². The zero-order valence-corrected chi connectivity index (χ0v) is 24.5. The largest absolute Gasteiger partial charge is 0.507 e. The monoisotopic (exact) mass is 564 g/mol. The predicted molar refractivity (Wildman–Crippen MR) is 148 cm³/mol. The van der Waals surface area contributed by atoms with Crippen molar-refractivity contribution in [3.05, 3.63) is 28.8 Å². The highest BCUT2D eigenvalue weighted by atomic mass is 16.3. The second-order valence-electron chi connectivity index (χ2n) is 13.9. The van der Waals surface area contributed by atoms with Gasteiger partial charge in [-0.25, -0.2) is 0 Å². The fourth-order valence-corrected chi connectivity index (χ4v) is 9.16. The molecular weight excluding hydrogens is 524 g/mol. The summed E-state index contributed by atoms with van der Waals surface area (Å²) in [6, 6.07) is 2.84. The number of carbonyl (C=O) groups is 6. The molecule has 0 radical (unpaired) electrons. The Hall–Kier alpha value is -3.00. The Labute approximate surface area is 240 Å². The standard InChI is InChI=1S/C33H40O8/c1-16(2)25-27(37)23(17(3)34)29(39)33(41)30(40)26-28(38)24-20(14-31(26,4)15-32(25,33)5)19(11-12-21(24)35)22(36)13-18-9-7-6-8-10-18/h11-12,16,18,23,25-26,35,41H,6-10,13-15H2,1-5H3/t23?,25?,26?,31-,32-,33+/m1/s1. The smallest absolute Gasteiger partial charge is 0.190 e. The number of carbonyl (C=O) groups excluding carboxylic acids is 6. The minimum absolute atomic E-state index is 0.0328.